The fourth-order valence-electron chi connectivity index (χ4n) is 1.42. The van der Waals surface area contributed by atoms with Crippen LogP contribution in [0.2, 0.25) is 5.02 Å². The van der Waals surface area contributed by atoms with Crippen LogP contribution in [-0.4, -0.2) is 9.55 Å². The summed E-state index contributed by atoms with van der Waals surface area (Å²) in [4.78, 5) is 3.98. The van der Waals surface area contributed by atoms with E-state index in [-0.39, 0.29) is 6.04 Å². The summed E-state index contributed by atoms with van der Waals surface area (Å²) >= 11 is 6.16. The van der Waals surface area contributed by atoms with E-state index < -0.39 is 0 Å². The highest BCUT2D eigenvalue weighted by Crippen LogP contribution is 2.23. The smallest absolute Gasteiger partial charge is 0.0992 e. The Kier molecular flexibility index (Phi) is 2.75. The van der Waals surface area contributed by atoms with E-state index in [4.69, 9.17) is 17.3 Å². The molecule has 1 aromatic heterocycles. The molecular formula is C11H12ClN3. The van der Waals surface area contributed by atoms with Crippen molar-refractivity contribution in [3.05, 3.63) is 47.5 Å². The Morgan fingerprint density at radius 2 is 2.27 bits per heavy atom. The topological polar surface area (TPSA) is 43.8 Å². The van der Waals surface area contributed by atoms with E-state index in [9.17, 15) is 0 Å². The summed E-state index contributed by atoms with van der Waals surface area (Å²) in [7, 11) is 0. The molecule has 0 spiro atoms. The van der Waals surface area contributed by atoms with E-state index in [0.717, 1.165) is 11.3 Å². The van der Waals surface area contributed by atoms with Gasteiger partial charge in [0.1, 0.15) is 0 Å². The third kappa shape index (κ3) is 2.03. The number of halogens is 1. The molecule has 1 atom stereocenters. The molecule has 1 aromatic carbocycles. The van der Waals surface area contributed by atoms with Crippen molar-refractivity contribution in [1.82, 2.24) is 9.55 Å². The predicted octanol–water partition coefficient (Wildman–Crippen LogP) is 2.55. The van der Waals surface area contributed by atoms with Gasteiger partial charge < -0.3 is 10.3 Å². The molecule has 2 N–H and O–H groups in total. The summed E-state index contributed by atoms with van der Waals surface area (Å²) in [6.07, 6.45) is 5.29. The monoisotopic (exact) mass is 221 g/mol. The number of rotatable bonds is 2. The highest BCUT2D eigenvalue weighted by Gasteiger charge is 2.05. The highest BCUT2D eigenvalue weighted by molar-refractivity contribution is 6.32. The zero-order valence-corrected chi connectivity index (χ0v) is 9.15. The highest BCUT2D eigenvalue weighted by atomic mass is 35.5. The maximum Gasteiger partial charge on any atom is 0.0992 e. The van der Waals surface area contributed by atoms with Crippen LogP contribution in [0.4, 0.5) is 0 Å². The standard InChI is InChI=1S/C11H12ClN3/c1-8(13)9-2-3-11(10(12)6-9)15-5-4-14-7-15/h2-8H,13H2,1H3. The quantitative estimate of drug-likeness (QED) is 0.847. The molecule has 0 aliphatic carbocycles. The molecule has 2 rings (SSSR count). The van der Waals surface area contributed by atoms with Crippen molar-refractivity contribution in [2.45, 2.75) is 13.0 Å². The molecule has 4 heteroatoms. The van der Waals surface area contributed by atoms with Crippen LogP contribution in [0.1, 0.15) is 18.5 Å². The van der Waals surface area contributed by atoms with Gasteiger partial charge in [-0.15, -0.1) is 0 Å². The van der Waals surface area contributed by atoms with Crippen molar-refractivity contribution in [2.24, 2.45) is 5.73 Å². The fraction of sp³-hybridized carbons (Fsp3) is 0.182. The van der Waals surface area contributed by atoms with Gasteiger partial charge in [-0.1, -0.05) is 17.7 Å². The first-order chi connectivity index (χ1) is 7.18. The van der Waals surface area contributed by atoms with Gasteiger partial charge in [-0.25, -0.2) is 4.98 Å². The summed E-state index contributed by atoms with van der Waals surface area (Å²) in [6.45, 7) is 1.93. The molecule has 1 unspecified atom stereocenters. The molecule has 0 bridgehead atoms. The van der Waals surface area contributed by atoms with E-state index in [0.29, 0.717) is 5.02 Å². The molecule has 1 heterocycles. The molecule has 0 saturated heterocycles. The molecule has 0 aliphatic heterocycles. The molecule has 0 radical (unpaired) electrons. The Morgan fingerprint density at radius 1 is 1.47 bits per heavy atom. The second kappa shape index (κ2) is 4.04. The van der Waals surface area contributed by atoms with Crippen molar-refractivity contribution < 1.29 is 0 Å². The van der Waals surface area contributed by atoms with Crippen LogP contribution in [0.3, 0.4) is 0 Å². The third-order valence-corrected chi connectivity index (χ3v) is 2.58. The molecular weight excluding hydrogens is 210 g/mol. The normalized spacial score (nSPS) is 12.7. The first kappa shape index (κ1) is 10.2. The van der Waals surface area contributed by atoms with Crippen molar-refractivity contribution in [3.63, 3.8) is 0 Å². The third-order valence-electron chi connectivity index (χ3n) is 2.28. The molecule has 0 amide bonds. The van der Waals surface area contributed by atoms with Crippen molar-refractivity contribution in [1.29, 1.82) is 0 Å². The van der Waals surface area contributed by atoms with Crippen LogP contribution in [0, 0.1) is 0 Å². The van der Waals surface area contributed by atoms with Gasteiger partial charge in [0.05, 0.1) is 17.0 Å². The Balaban J connectivity index is 2.44. The number of imidazole rings is 1. The largest absolute Gasteiger partial charge is 0.324 e. The second-order valence-electron chi connectivity index (χ2n) is 3.47. The van der Waals surface area contributed by atoms with E-state index in [1.807, 2.05) is 35.9 Å². The van der Waals surface area contributed by atoms with E-state index >= 15 is 0 Å². The van der Waals surface area contributed by atoms with Crippen LogP contribution < -0.4 is 5.73 Å². The molecule has 0 saturated carbocycles. The first-order valence-electron chi connectivity index (χ1n) is 4.72. The summed E-state index contributed by atoms with van der Waals surface area (Å²) in [5.41, 5.74) is 7.72. The van der Waals surface area contributed by atoms with Gasteiger partial charge in [0.15, 0.2) is 0 Å². The molecule has 0 aliphatic rings. The van der Waals surface area contributed by atoms with Crippen molar-refractivity contribution in [2.75, 3.05) is 0 Å². The van der Waals surface area contributed by atoms with Crippen LogP contribution in [-0.2, 0) is 0 Å². The van der Waals surface area contributed by atoms with Crippen LogP contribution in [0.25, 0.3) is 5.69 Å². The summed E-state index contributed by atoms with van der Waals surface area (Å²) < 4.78 is 1.87. The maximum absolute atomic E-state index is 6.16. The van der Waals surface area contributed by atoms with Gasteiger partial charge in [0.25, 0.3) is 0 Å². The Hall–Kier alpha value is -1.32. The van der Waals surface area contributed by atoms with Gasteiger partial charge in [-0.05, 0) is 24.6 Å². The van der Waals surface area contributed by atoms with Gasteiger partial charge in [-0.3, -0.25) is 0 Å². The number of nitrogens with two attached hydrogens (primary N) is 1. The lowest BCUT2D eigenvalue weighted by atomic mass is 10.1. The summed E-state index contributed by atoms with van der Waals surface area (Å²) in [5.74, 6) is 0. The Bertz CT molecular complexity index is 449. The zero-order chi connectivity index (χ0) is 10.8. The first-order valence-corrected chi connectivity index (χ1v) is 5.09. The molecule has 3 nitrogen and oxygen atoms in total. The van der Waals surface area contributed by atoms with E-state index in [1.165, 1.54) is 0 Å². The fourth-order valence-corrected chi connectivity index (χ4v) is 1.70. The number of aromatic nitrogens is 2. The average molecular weight is 222 g/mol. The van der Waals surface area contributed by atoms with Crippen LogP contribution in [0.5, 0.6) is 0 Å². The summed E-state index contributed by atoms with van der Waals surface area (Å²) in [5, 5.41) is 0.683. The predicted molar refractivity (Wildman–Crippen MR) is 61.2 cm³/mol. The average Bonchev–Trinajstić information content (AvgIpc) is 2.70. The zero-order valence-electron chi connectivity index (χ0n) is 8.39. The molecule has 2 aromatic rings. The molecule has 0 fully saturated rings. The SMILES string of the molecule is CC(N)c1ccc(-n2ccnc2)c(Cl)c1. The second-order valence-corrected chi connectivity index (χ2v) is 3.88. The van der Waals surface area contributed by atoms with Gasteiger partial charge in [0.2, 0.25) is 0 Å². The van der Waals surface area contributed by atoms with Crippen LogP contribution >= 0.6 is 11.6 Å². The number of hydrogen-bond acceptors (Lipinski definition) is 2. The van der Waals surface area contributed by atoms with Gasteiger partial charge in [0, 0.05) is 18.4 Å². The van der Waals surface area contributed by atoms with Crippen molar-refractivity contribution >= 4 is 11.6 Å². The summed E-state index contributed by atoms with van der Waals surface area (Å²) in [6, 6.07) is 5.82. The van der Waals surface area contributed by atoms with E-state index in [2.05, 4.69) is 4.98 Å². The minimum atomic E-state index is -0.000614. The van der Waals surface area contributed by atoms with Crippen LogP contribution in [0.15, 0.2) is 36.9 Å². The maximum atomic E-state index is 6.16. The lowest BCUT2D eigenvalue weighted by Crippen LogP contribution is -2.05. The number of benzene rings is 1. The van der Waals surface area contributed by atoms with Crippen molar-refractivity contribution in [3.8, 4) is 5.69 Å². The minimum Gasteiger partial charge on any atom is -0.324 e. The van der Waals surface area contributed by atoms with E-state index in [1.54, 1.807) is 12.5 Å². The molecule has 78 valence electrons. The Morgan fingerprint density at radius 3 is 2.80 bits per heavy atom. The molecule has 15 heavy (non-hydrogen) atoms. The number of nitrogens with zero attached hydrogens (tertiary/aromatic N) is 2. The minimum absolute atomic E-state index is 0.000614. The van der Waals surface area contributed by atoms with Gasteiger partial charge >= 0.3 is 0 Å². The van der Waals surface area contributed by atoms with Gasteiger partial charge in [-0.2, -0.15) is 0 Å². The lowest BCUT2D eigenvalue weighted by molar-refractivity contribution is 0.817. The lowest BCUT2D eigenvalue weighted by Gasteiger charge is -2.09. The Labute approximate surface area is 93.5 Å². The number of hydrogen-bond donors (Lipinski definition) is 1.